The summed E-state index contributed by atoms with van der Waals surface area (Å²) < 4.78 is 10.8. The zero-order valence-electron chi connectivity index (χ0n) is 11.5. The highest BCUT2D eigenvalue weighted by Crippen LogP contribution is 2.31. The molecular formula is C15H11ClN2O3S. The number of rotatable bonds is 3. The quantitative estimate of drug-likeness (QED) is 0.667. The number of amides is 1. The maximum atomic E-state index is 11.6. The molecule has 0 atom stereocenters. The van der Waals surface area contributed by atoms with Crippen LogP contribution in [0.3, 0.4) is 0 Å². The molecule has 22 heavy (non-hydrogen) atoms. The Morgan fingerprint density at radius 3 is 2.73 bits per heavy atom. The number of carbonyl (C=O) groups is 1. The molecular weight excluding hydrogens is 324 g/mol. The molecule has 1 aromatic heterocycles. The summed E-state index contributed by atoms with van der Waals surface area (Å²) in [6, 6.07) is 8.93. The summed E-state index contributed by atoms with van der Waals surface area (Å²) in [4.78, 5) is 11.6. The largest absolute Gasteiger partial charge is 0.495 e. The molecule has 0 saturated carbocycles. The van der Waals surface area contributed by atoms with Gasteiger partial charge in [-0.2, -0.15) is 0 Å². The lowest BCUT2D eigenvalue weighted by Crippen LogP contribution is -2.21. The number of hydrogen-bond acceptors (Lipinski definition) is 4. The number of halogens is 1. The Labute approximate surface area is 136 Å². The normalized spacial score (nSPS) is 15.8. The number of hydrogen-bond donors (Lipinski definition) is 2. The van der Waals surface area contributed by atoms with Gasteiger partial charge in [0.1, 0.15) is 23.0 Å². The van der Waals surface area contributed by atoms with E-state index in [1.54, 1.807) is 37.5 Å². The number of benzene rings is 1. The van der Waals surface area contributed by atoms with Gasteiger partial charge in [0.05, 0.1) is 12.1 Å². The van der Waals surface area contributed by atoms with Crippen molar-refractivity contribution in [1.29, 1.82) is 0 Å². The summed E-state index contributed by atoms with van der Waals surface area (Å²) in [6.45, 7) is 0. The highest BCUT2D eigenvalue weighted by Gasteiger charge is 2.20. The highest BCUT2D eigenvalue weighted by molar-refractivity contribution is 7.80. The van der Waals surface area contributed by atoms with E-state index < -0.39 is 0 Å². The number of nitrogens with one attached hydrogen (secondary N) is 2. The summed E-state index contributed by atoms with van der Waals surface area (Å²) >= 11 is 11.0. The lowest BCUT2D eigenvalue weighted by molar-refractivity contribution is -0.115. The molecule has 1 fully saturated rings. The van der Waals surface area contributed by atoms with Gasteiger partial charge in [-0.25, -0.2) is 0 Å². The van der Waals surface area contributed by atoms with Gasteiger partial charge in [-0.1, -0.05) is 11.6 Å². The number of methoxy groups -OCH3 is 1. The van der Waals surface area contributed by atoms with Crippen LogP contribution in [0.5, 0.6) is 5.75 Å². The van der Waals surface area contributed by atoms with Crippen molar-refractivity contribution in [2.45, 2.75) is 0 Å². The monoisotopic (exact) mass is 334 g/mol. The first-order chi connectivity index (χ1) is 10.6. The molecule has 0 unspecified atom stereocenters. The second kappa shape index (κ2) is 5.82. The Balaban J connectivity index is 1.88. The van der Waals surface area contributed by atoms with E-state index in [0.717, 1.165) is 5.56 Å². The van der Waals surface area contributed by atoms with Gasteiger partial charge in [0, 0.05) is 11.6 Å². The highest BCUT2D eigenvalue weighted by atomic mass is 35.5. The summed E-state index contributed by atoms with van der Waals surface area (Å²) in [5.74, 6) is 1.48. The molecule has 2 N–H and O–H groups in total. The van der Waals surface area contributed by atoms with Crippen LogP contribution in [0.25, 0.3) is 17.4 Å². The molecule has 112 valence electrons. The number of furan rings is 1. The van der Waals surface area contributed by atoms with Crippen molar-refractivity contribution < 1.29 is 13.9 Å². The van der Waals surface area contributed by atoms with Crippen LogP contribution in [-0.4, -0.2) is 18.1 Å². The first-order valence-corrected chi connectivity index (χ1v) is 7.13. The lowest BCUT2D eigenvalue weighted by atomic mass is 10.2. The molecule has 1 aromatic carbocycles. The summed E-state index contributed by atoms with van der Waals surface area (Å²) in [5.41, 5.74) is 1.16. The average molecular weight is 335 g/mol. The van der Waals surface area contributed by atoms with E-state index >= 15 is 0 Å². The number of ether oxygens (including phenoxy) is 1. The maximum Gasteiger partial charge on any atom is 0.274 e. The van der Waals surface area contributed by atoms with Gasteiger partial charge in [0.25, 0.3) is 5.91 Å². The Bertz CT molecular complexity index is 798. The standard InChI is InChI=1S/C15H11ClN2O3S/c1-20-13-4-2-8(6-10(13)16)12-5-3-9(21-12)7-11-14(19)18-15(22)17-11/h2-7H,1H3,(H2,17,18,19,22)/b11-7+. The van der Waals surface area contributed by atoms with E-state index in [-0.39, 0.29) is 11.0 Å². The van der Waals surface area contributed by atoms with E-state index in [1.807, 2.05) is 6.07 Å². The van der Waals surface area contributed by atoms with E-state index in [0.29, 0.717) is 28.0 Å². The van der Waals surface area contributed by atoms with Crippen LogP contribution in [0, 0.1) is 0 Å². The first kappa shape index (κ1) is 14.6. The van der Waals surface area contributed by atoms with Gasteiger partial charge in [-0.3, -0.25) is 10.1 Å². The molecule has 1 saturated heterocycles. The molecule has 2 heterocycles. The van der Waals surface area contributed by atoms with Gasteiger partial charge >= 0.3 is 0 Å². The second-order valence-electron chi connectivity index (χ2n) is 4.52. The fourth-order valence-corrected chi connectivity index (χ4v) is 2.49. The van der Waals surface area contributed by atoms with Crippen LogP contribution in [0.4, 0.5) is 0 Å². The number of thiocarbonyl (C=S) groups is 1. The molecule has 7 heteroatoms. The van der Waals surface area contributed by atoms with Crippen LogP contribution in [-0.2, 0) is 4.79 Å². The molecule has 1 aliphatic heterocycles. The fraction of sp³-hybridized carbons (Fsp3) is 0.0667. The summed E-state index contributed by atoms with van der Waals surface area (Å²) in [5, 5.41) is 6.03. The molecule has 5 nitrogen and oxygen atoms in total. The minimum absolute atomic E-state index is 0.282. The van der Waals surface area contributed by atoms with Crippen LogP contribution in [0.15, 0.2) is 40.4 Å². The summed E-state index contributed by atoms with van der Waals surface area (Å²) in [7, 11) is 1.56. The third kappa shape index (κ3) is 2.84. The van der Waals surface area contributed by atoms with Gasteiger partial charge in [-0.05, 0) is 42.5 Å². The van der Waals surface area contributed by atoms with Crippen molar-refractivity contribution in [2.75, 3.05) is 7.11 Å². The van der Waals surface area contributed by atoms with Crippen LogP contribution >= 0.6 is 23.8 Å². The maximum absolute atomic E-state index is 11.6. The zero-order valence-corrected chi connectivity index (χ0v) is 13.0. The van der Waals surface area contributed by atoms with Crippen molar-refractivity contribution in [2.24, 2.45) is 0 Å². The van der Waals surface area contributed by atoms with Gasteiger partial charge in [0.2, 0.25) is 0 Å². The second-order valence-corrected chi connectivity index (χ2v) is 5.33. The molecule has 2 aromatic rings. The molecule has 0 spiro atoms. The van der Waals surface area contributed by atoms with Gasteiger partial charge in [0.15, 0.2) is 5.11 Å². The minimum atomic E-state index is -0.282. The Morgan fingerprint density at radius 2 is 2.09 bits per heavy atom. The lowest BCUT2D eigenvalue weighted by Gasteiger charge is -2.04. The molecule has 3 rings (SSSR count). The predicted molar refractivity (Wildman–Crippen MR) is 87.6 cm³/mol. The van der Waals surface area contributed by atoms with E-state index in [2.05, 4.69) is 10.6 Å². The molecule has 0 aliphatic carbocycles. The van der Waals surface area contributed by atoms with E-state index in [4.69, 9.17) is 33.0 Å². The van der Waals surface area contributed by atoms with Gasteiger partial charge < -0.3 is 14.5 Å². The van der Waals surface area contributed by atoms with Gasteiger partial charge in [-0.15, -0.1) is 0 Å². The van der Waals surface area contributed by atoms with Crippen LogP contribution in [0.2, 0.25) is 5.02 Å². The zero-order chi connectivity index (χ0) is 15.7. The smallest absolute Gasteiger partial charge is 0.274 e. The van der Waals surface area contributed by atoms with Crippen molar-refractivity contribution in [3.8, 4) is 17.1 Å². The van der Waals surface area contributed by atoms with Crippen LogP contribution in [0.1, 0.15) is 5.76 Å². The number of carbonyl (C=O) groups excluding carboxylic acids is 1. The molecule has 0 bridgehead atoms. The van der Waals surface area contributed by atoms with Crippen molar-refractivity contribution >= 4 is 40.9 Å². The Hall–Kier alpha value is -2.31. The summed E-state index contributed by atoms with van der Waals surface area (Å²) in [6.07, 6.45) is 1.59. The predicted octanol–water partition coefficient (Wildman–Crippen LogP) is 2.95. The molecule has 1 amide bonds. The SMILES string of the molecule is COc1ccc(-c2ccc(/C=C3/NC(=S)NC3=O)o2)cc1Cl. The molecule has 1 aliphatic rings. The molecule has 0 radical (unpaired) electrons. The van der Waals surface area contributed by atoms with Crippen molar-refractivity contribution in [3.05, 3.63) is 46.8 Å². The third-order valence-electron chi connectivity index (χ3n) is 3.07. The fourth-order valence-electron chi connectivity index (χ4n) is 2.03. The van der Waals surface area contributed by atoms with E-state index in [1.165, 1.54) is 0 Å². The Morgan fingerprint density at radius 1 is 1.27 bits per heavy atom. The van der Waals surface area contributed by atoms with E-state index in [9.17, 15) is 4.79 Å². The van der Waals surface area contributed by atoms with Crippen molar-refractivity contribution in [3.63, 3.8) is 0 Å². The van der Waals surface area contributed by atoms with Crippen LogP contribution < -0.4 is 15.4 Å². The van der Waals surface area contributed by atoms with Crippen molar-refractivity contribution in [1.82, 2.24) is 10.6 Å². The third-order valence-corrected chi connectivity index (χ3v) is 3.57. The minimum Gasteiger partial charge on any atom is -0.495 e. The first-order valence-electron chi connectivity index (χ1n) is 6.34. The average Bonchev–Trinajstić information content (AvgIpc) is 3.06. The Kier molecular flexibility index (Phi) is 3.87. The topological polar surface area (TPSA) is 63.5 Å².